The molecule has 0 fully saturated rings. The van der Waals surface area contributed by atoms with Crippen molar-refractivity contribution < 1.29 is 23.0 Å². The second-order valence-electron chi connectivity index (χ2n) is 7.37. The Hall–Kier alpha value is -3.77. The van der Waals surface area contributed by atoms with E-state index in [9.17, 15) is 13.6 Å². The molecule has 0 aliphatic rings. The fourth-order valence-corrected chi connectivity index (χ4v) is 3.50. The zero-order valence-electron chi connectivity index (χ0n) is 18.2. The summed E-state index contributed by atoms with van der Waals surface area (Å²) < 4.78 is 38.6. The molecular formula is C27H20ClF2NO3. The van der Waals surface area contributed by atoms with Crippen LogP contribution < -0.4 is 4.74 Å². The molecule has 4 aromatic rings. The molecule has 172 valence electrons. The zero-order chi connectivity index (χ0) is 24.1. The molecule has 0 bridgehead atoms. The monoisotopic (exact) mass is 479 g/mol. The summed E-state index contributed by atoms with van der Waals surface area (Å²) in [5, 5.41) is 0.697. The van der Waals surface area contributed by atoms with E-state index in [2.05, 4.69) is 4.98 Å². The first-order valence-corrected chi connectivity index (χ1v) is 10.9. The van der Waals surface area contributed by atoms with E-state index >= 15 is 0 Å². The van der Waals surface area contributed by atoms with E-state index in [1.165, 1.54) is 30.3 Å². The van der Waals surface area contributed by atoms with Gasteiger partial charge in [0, 0.05) is 10.9 Å². The predicted octanol–water partition coefficient (Wildman–Crippen LogP) is 7.09. The molecule has 0 unspecified atom stereocenters. The maximum atomic E-state index is 14.3. The molecular weight excluding hydrogens is 460 g/mol. The van der Waals surface area contributed by atoms with Crippen LogP contribution in [0, 0.1) is 11.6 Å². The van der Waals surface area contributed by atoms with Gasteiger partial charge in [-0.3, -0.25) is 0 Å². The Labute approximate surface area is 200 Å². The van der Waals surface area contributed by atoms with Gasteiger partial charge in [0.05, 0.1) is 28.4 Å². The van der Waals surface area contributed by atoms with Crippen LogP contribution >= 0.6 is 11.6 Å². The minimum atomic E-state index is -0.587. The third-order valence-electron chi connectivity index (χ3n) is 5.08. The lowest BCUT2D eigenvalue weighted by Gasteiger charge is -2.11. The first-order chi connectivity index (χ1) is 16.4. The number of carbonyl (C=O) groups is 1. The highest BCUT2D eigenvalue weighted by Gasteiger charge is 2.16. The van der Waals surface area contributed by atoms with Gasteiger partial charge in [0.2, 0.25) is 0 Å². The number of rotatable bonds is 7. The van der Waals surface area contributed by atoms with Crippen molar-refractivity contribution in [1.82, 2.24) is 4.98 Å². The minimum Gasteiger partial charge on any atom is -0.489 e. The summed E-state index contributed by atoms with van der Waals surface area (Å²) >= 11 is 5.85. The second-order valence-corrected chi connectivity index (χ2v) is 7.78. The molecule has 0 N–H and O–H groups in total. The number of hydrogen-bond acceptors (Lipinski definition) is 4. The molecule has 0 saturated heterocycles. The Kier molecular flexibility index (Phi) is 7.18. The molecule has 0 atom stereocenters. The average molecular weight is 480 g/mol. The number of nitrogens with zero attached hydrogens (tertiary/aromatic N) is 1. The van der Waals surface area contributed by atoms with Crippen molar-refractivity contribution in [3.05, 3.63) is 106 Å². The van der Waals surface area contributed by atoms with E-state index in [1.54, 1.807) is 31.2 Å². The van der Waals surface area contributed by atoms with Crippen molar-refractivity contribution in [2.24, 2.45) is 0 Å². The van der Waals surface area contributed by atoms with Gasteiger partial charge in [-0.15, -0.1) is 0 Å². The molecule has 7 heteroatoms. The van der Waals surface area contributed by atoms with Crippen molar-refractivity contribution in [3.63, 3.8) is 0 Å². The number of benzene rings is 3. The Morgan fingerprint density at radius 3 is 2.56 bits per heavy atom. The molecule has 34 heavy (non-hydrogen) atoms. The van der Waals surface area contributed by atoms with Crippen LogP contribution in [0.1, 0.15) is 34.1 Å². The van der Waals surface area contributed by atoms with Crippen LogP contribution in [0.3, 0.4) is 0 Å². The van der Waals surface area contributed by atoms with Gasteiger partial charge in [-0.05, 0) is 61.0 Å². The molecule has 0 spiro atoms. The number of carbonyl (C=O) groups excluding carboxylic acids is 1. The van der Waals surface area contributed by atoms with Crippen LogP contribution in [0.2, 0.25) is 5.02 Å². The average Bonchev–Trinajstić information content (AvgIpc) is 2.83. The van der Waals surface area contributed by atoms with Crippen molar-refractivity contribution in [1.29, 1.82) is 0 Å². The Bertz CT molecular complexity index is 1370. The van der Waals surface area contributed by atoms with Gasteiger partial charge in [-0.1, -0.05) is 41.9 Å². The number of hydrogen-bond donors (Lipinski definition) is 0. The van der Waals surface area contributed by atoms with Crippen LogP contribution in [0.15, 0.2) is 66.7 Å². The second kappa shape index (κ2) is 10.4. The summed E-state index contributed by atoms with van der Waals surface area (Å²) in [6, 6.07) is 17.9. The molecule has 1 aromatic heterocycles. The van der Waals surface area contributed by atoms with Gasteiger partial charge in [0.15, 0.2) is 0 Å². The summed E-state index contributed by atoms with van der Waals surface area (Å²) in [6.07, 6.45) is 3.70. The van der Waals surface area contributed by atoms with E-state index in [1.807, 2.05) is 24.3 Å². The number of pyridine rings is 1. The van der Waals surface area contributed by atoms with Crippen molar-refractivity contribution in [2.75, 3.05) is 6.61 Å². The standard InChI is InChI=1S/C27H20ClF2NO3/c1-2-33-27(32)21-4-3-5-24(29)22(21)16-34-20-12-7-17(8-13-20)6-10-19-11-9-18-14-25(30)23(28)15-26(18)31-19/h3-15H,2,16H2,1H3/b10-6+. The van der Waals surface area contributed by atoms with Crippen molar-refractivity contribution >= 4 is 40.6 Å². The first kappa shape index (κ1) is 23.4. The van der Waals surface area contributed by atoms with Gasteiger partial charge < -0.3 is 9.47 Å². The molecule has 0 amide bonds. The van der Waals surface area contributed by atoms with Crippen LogP contribution in [0.5, 0.6) is 5.75 Å². The maximum absolute atomic E-state index is 14.3. The van der Waals surface area contributed by atoms with E-state index in [0.29, 0.717) is 22.3 Å². The molecule has 1 heterocycles. The third kappa shape index (κ3) is 5.41. The van der Waals surface area contributed by atoms with Crippen LogP contribution in [0.4, 0.5) is 8.78 Å². The Balaban J connectivity index is 1.44. The summed E-state index contributed by atoms with van der Waals surface area (Å²) in [4.78, 5) is 16.6. The number of ether oxygens (including phenoxy) is 2. The van der Waals surface area contributed by atoms with E-state index in [0.717, 1.165) is 5.56 Å². The van der Waals surface area contributed by atoms with Crippen LogP contribution in [-0.2, 0) is 11.3 Å². The SMILES string of the molecule is CCOC(=O)c1cccc(F)c1COc1ccc(/C=C/c2ccc3cc(F)c(Cl)cc3n2)cc1. The van der Waals surface area contributed by atoms with E-state index < -0.39 is 17.6 Å². The summed E-state index contributed by atoms with van der Waals surface area (Å²) in [5.41, 5.74) is 2.49. The highest BCUT2D eigenvalue weighted by Crippen LogP contribution is 2.23. The fraction of sp³-hybridized carbons (Fsp3) is 0.111. The smallest absolute Gasteiger partial charge is 0.338 e. The molecule has 0 aliphatic carbocycles. The van der Waals surface area contributed by atoms with Crippen molar-refractivity contribution in [3.8, 4) is 5.75 Å². The molecule has 3 aromatic carbocycles. The van der Waals surface area contributed by atoms with Crippen LogP contribution in [0.25, 0.3) is 23.1 Å². The molecule has 0 aliphatic heterocycles. The van der Waals surface area contributed by atoms with Gasteiger partial charge in [-0.2, -0.15) is 0 Å². The largest absolute Gasteiger partial charge is 0.489 e. The normalized spacial score (nSPS) is 11.2. The number of esters is 1. The van der Waals surface area contributed by atoms with Gasteiger partial charge in [0.1, 0.15) is 24.0 Å². The molecule has 4 nitrogen and oxygen atoms in total. The molecule has 4 rings (SSSR count). The third-order valence-corrected chi connectivity index (χ3v) is 5.37. The lowest BCUT2D eigenvalue weighted by molar-refractivity contribution is 0.0522. The summed E-state index contributed by atoms with van der Waals surface area (Å²) in [5.74, 6) is -1.07. The highest BCUT2D eigenvalue weighted by atomic mass is 35.5. The maximum Gasteiger partial charge on any atom is 0.338 e. The van der Waals surface area contributed by atoms with Gasteiger partial charge >= 0.3 is 5.97 Å². The predicted molar refractivity (Wildman–Crippen MR) is 129 cm³/mol. The Morgan fingerprint density at radius 2 is 1.79 bits per heavy atom. The van der Waals surface area contributed by atoms with E-state index in [4.69, 9.17) is 21.1 Å². The lowest BCUT2D eigenvalue weighted by Crippen LogP contribution is -2.11. The summed E-state index contributed by atoms with van der Waals surface area (Å²) in [7, 11) is 0. The fourth-order valence-electron chi connectivity index (χ4n) is 3.34. The topological polar surface area (TPSA) is 48.4 Å². The van der Waals surface area contributed by atoms with Gasteiger partial charge in [0.25, 0.3) is 0 Å². The number of fused-ring (bicyclic) bond motifs is 1. The first-order valence-electron chi connectivity index (χ1n) is 10.6. The molecule has 0 radical (unpaired) electrons. The lowest BCUT2D eigenvalue weighted by atomic mass is 10.1. The van der Waals surface area contributed by atoms with Crippen molar-refractivity contribution in [2.45, 2.75) is 13.5 Å². The van der Waals surface area contributed by atoms with Gasteiger partial charge in [-0.25, -0.2) is 18.6 Å². The quantitative estimate of drug-likeness (QED) is 0.265. The molecule has 0 saturated carbocycles. The number of aromatic nitrogens is 1. The van der Waals surface area contributed by atoms with E-state index in [-0.39, 0.29) is 29.4 Å². The summed E-state index contributed by atoms with van der Waals surface area (Å²) in [6.45, 7) is 1.78. The highest BCUT2D eigenvalue weighted by molar-refractivity contribution is 6.31. The zero-order valence-corrected chi connectivity index (χ0v) is 19.0. The Morgan fingerprint density at radius 1 is 1.00 bits per heavy atom. The minimum absolute atomic E-state index is 0.0291. The number of halogens is 3. The van der Waals surface area contributed by atoms with Crippen LogP contribution in [-0.4, -0.2) is 17.6 Å².